The highest BCUT2D eigenvalue weighted by Crippen LogP contribution is 2.40. The van der Waals surface area contributed by atoms with Crippen molar-refractivity contribution in [2.75, 3.05) is 14.2 Å². The number of ether oxygens (including phenoxy) is 1. The Kier molecular flexibility index (Phi) is 4.08. The first-order valence-corrected chi connectivity index (χ1v) is 6.51. The largest absolute Gasteiger partial charge is 0.379 e. The molecule has 0 spiro atoms. The molecular formula is C14H20ClNO. The van der Waals surface area contributed by atoms with Crippen molar-refractivity contribution < 1.29 is 4.74 Å². The quantitative estimate of drug-likeness (QED) is 0.869. The van der Waals surface area contributed by atoms with Crippen LogP contribution in [0.25, 0.3) is 0 Å². The Balaban J connectivity index is 2.23. The lowest BCUT2D eigenvalue weighted by Crippen LogP contribution is -2.32. The summed E-state index contributed by atoms with van der Waals surface area (Å²) in [6, 6.07) is 6.48. The SMILES string of the molecule is CNC(c1ccc(C)c(Cl)c1)C(OC)C1CC1. The molecule has 1 aromatic rings. The lowest BCUT2D eigenvalue weighted by molar-refractivity contribution is 0.0530. The van der Waals surface area contributed by atoms with E-state index in [-0.39, 0.29) is 12.1 Å². The molecular weight excluding hydrogens is 234 g/mol. The minimum Gasteiger partial charge on any atom is -0.379 e. The number of benzene rings is 1. The number of likely N-dealkylation sites (N-methyl/N-ethyl adjacent to an activating group) is 1. The average molecular weight is 254 g/mol. The highest BCUT2D eigenvalue weighted by atomic mass is 35.5. The molecule has 1 aromatic carbocycles. The van der Waals surface area contributed by atoms with Crippen LogP contribution in [0.3, 0.4) is 0 Å². The zero-order chi connectivity index (χ0) is 12.4. The van der Waals surface area contributed by atoms with Crippen molar-refractivity contribution in [1.82, 2.24) is 5.32 Å². The summed E-state index contributed by atoms with van der Waals surface area (Å²) < 4.78 is 5.65. The number of aryl methyl sites for hydroxylation is 1. The van der Waals surface area contributed by atoms with Gasteiger partial charge in [-0.25, -0.2) is 0 Å². The summed E-state index contributed by atoms with van der Waals surface area (Å²) >= 11 is 6.19. The lowest BCUT2D eigenvalue weighted by Gasteiger charge is -2.26. The minimum absolute atomic E-state index is 0.227. The fourth-order valence-corrected chi connectivity index (χ4v) is 2.54. The molecule has 17 heavy (non-hydrogen) atoms. The van der Waals surface area contributed by atoms with Crippen LogP contribution in [0.4, 0.5) is 0 Å². The van der Waals surface area contributed by atoms with E-state index in [2.05, 4.69) is 17.4 Å². The summed E-state index contributed by atoms with van der Waals surface area (Å²) in [6.45, 7) is 2.02. The van der Waals surface area contributed by atoms with E-state index in [0.717, 1.165) is 10.6 Å². The van der Waals surface area contributed by atoms with Crippen molar-refractivity contribution in [3.8, 4) is 0 Å². The topological polar surface area (TPSA) is 21.3 Å². The Morgan fingerprint density at radius 1 is 1.41 bits per heavy atom. The first-order chi connectivity index (χ1) is 8.17. The first-order valence-electron chi connectivity index (χ1n) is 6.13. The third kappa shape index (κ3) is 2.82. The smallest absolute Gasteiger partial charge is 0.0793 e. The van der Waals surface area contributed by atoms with E-state index < -0.39 is 0 Å². The number of methoxy groups -OCH3 is 1. The van der Waals surface area contributed by atoms with Crippen LogP contribution in [0.5, 0.6) is 0 Å². The maximum atomic E-state index is 6.19. The molecule has 94 valence electrons. The Morgan fingerprint density at radius 2 is 2.12 bits per heavy atom. The molecule has 1 fully saturated rings. The molecule has 0 amide bonds. The Labute approximate surface area is 108 Å². The normalized spacial score (nSPS) is 19.1. The van der Waals surface area contributed by atoms with Crippen LogP contribution < -0.4 is 5.32 Å². The van der Waals surface area contributed by atoms with Gasteiger partial charge in [-0.05, 0) is 49.9 Å². The van der Waals surface area contributed by atoms with Gasteiger partial charge >= 0.3 is 0 Å². The van der Waals surface area contributed by atoms with Gasteiger partial charge < -0.3 is 10.1 Å². The Hall–Kier alpha value is -0.570. The molecule has 0 radical (unpaired) electrons. The van der Waals surface area contributed by atoms with Gasteiger partial charge in [-0.3, -0.25) is 0 Å². The van der Waals surface area contributed by atoms with Crippen molar-refractivity contribution in [2.45, 2.75) is 31.9 Å². The fourth-order valence-electron chi connectivity index (χ4n) is 2.35. The molecule has 1 aliphatic rings. The van der Waals surface area contributed by atoms with Crippen LogP contribution >= 0.6 is 11.6 Å². The molecule has 2 unspecified atom stereocenters. The molecule has 2 rings (SSSR count). The van der Waals surface area contributed by atoms with Gasteiger partial charge in [0.15, 0.2) is 0 Å². The van der Waals surface area contributed by atoms with E-state index in [1.807, 2.05) is 20.0 Å². The van der Waals surface area contributed by atoms with E-state index in [4.69, 9.17) is 16.3 Å². The Morgan fingerprint density at radius 3 is 2.59 bits per heavy atom. The van der Waals surface area contributed by atoms with Gasteiger partial charge in [-0.2, -0.15) is 0 Å². The van der Waals surface area contributed by atoms with Crippen LogP contribution in [-0.4, -0.2) is 20.3 Å². The van der Waals surface area contributed by atoms with Gasteiger partial charge in [0, 0.05) is 12.1 Å². The molecule has 1 N–H and O–H groups in total. The molecule has 0 aromatic heterocycles. The number of halogens is 1. The molecule has 0 aliphatic heterocycles. The van der Waals surface area contributed by atoms with Gasteiger partial charge in [-0.1, -0.05) is 23.7 Å². The van der Waals surface area contributed by atoms with Crippen LogP contribution in [0.1, 0.15) is 30.0 Å². The molecule has 2 nitrogen and oxygen atoms in total. The minimum atomic E-state index is 0.227. The molecule has 0 heterocycles. The molecule has 0 saturated heterocycles. The monoisotopic (exact) mass is 253 g/mol. The highest BCUT2D eigenvalue weighted by Gasteiger charge is 2.36. The third-order valence-electron chi connectivity index (χ3n) is 3.55. The van der Waals surface area contributed by atoms with Crippen molar-refractivity contribution in [1.29, 1.82) is 0 Å². The van der Waals surface area contributed by atoms with Gasteiger partial charge in [0.2, 0.25) is 0 Å². The zero-order valence-corrected chi connectivity index (χ0v) is 11.4. The zero-order valence-electron chi connectivity index (χ0n) is 10.7. The highest BCUT2D eigenvalue weighted by molar-refractivity contribution is 6.31. The van der Waals surface area contributed by atoms with Gasteiger partial charge in [0.05, 0.1) is 12.1 Å². The van der Waals surface area contributed by atoms with Gasteiger partial charge in [-0.15, -0.1) is 0 Å². The van der Waals surface area contributed by atoms with Crippen LogP contribution in [0.2, 0.25) is 5.02 Å². The van der Waals surface area contributed by atoms with Crippen LogP contribution in [0.15, 0.2) is 18.2 Å². The molecule has 3 heteroatoms. The second-order valence-corrected chi connectivity index (χ2v) is 5.22. The summed E-state index contributed by atoms with van der Waals surface area (Å²) in [7, 11) is 3.77. The Bertz CT molecular complexity index is 390. The van der Waals surface area contributed by atoms with Crippen LogP contribution in [0, 0.1) is 12.8 Å². The van der Waals surface area contributed by atoms with Crippen molar-refractivity contribution in [3.63, 3.8) is 0 Å². The maximum Gasteiger partial charge on any atom is 0.0793 e. The second-order valence-electron chi connectivity index (χ2n) is 4.81. The predicted octanol–water partition coefficient (Wildman–Crippen LogP) is 3.33. The van der Waals surface area contributed by atoms with Crippen molar-refractivity contribution in [2.24, 2.45) is 5.92 Å². The summed E-state index contributed by atoms with van der Waals surface area (Å²) in [5.74, 6) is 0.692. The number of nitrogens with one attached hydrogen (secondary N) is 1. The number of hydrogen-bond acceptors (Lipinski definition) is 2. The van der Waals surface area contributed by atoms with Crippen molar-refractivity contribution >= 4 is 11.6 Å². The number of hydrogen-bond donors (Lipinski definition) is 1. The van der Waals surface area contributed by atoms with E-state index in [0.29, 0.717) is 5.92 Å². The van der Waals surface area contributed by atoms with Gasteiger partial charge in [0.25, 0.3) is 0 Å². The van der Waals surface area contributed by atoms with E-state index in [1.54, 1.807) is 7.11 Å². The van der Waals surface area contributed by atoms with E-state index >= 15 is 0 Å². The molecule has 0 bridgehead atoms. The van der Waals surface area contributed by atoms with Crippen LogP contribution in [-0.2, 0) is 4.74 Å². The summed E-state index contributed by atoms with van der Waals surface area (Å²) in [4.78, 5) is 0. The number of rotatable bonds is 5. The summed E-state index contributed by atoms with van der Waals surface area (Å²) in [6.07, 6.45) is 2.80. The first kappa shape index (κ1) is 12.9. The second kappa shape index (κ2) is 5.38. The average Bonchev–Trinajstić information content (AvgIpc) is 3.14. The summed E-state index contributed by atoms with van der Waals surface area (Å²) in [5.41, 5.74) is 2.33. The molecule has 2 atom stereocenters. The molecule has 1 aliphatic carbocycles. The van der Waals surface area contributed by atoms with E-state index in [1.165, 1.54) is 18.4 Å². The lowest BCUT2D eigenvalue weighted by atomic mass is 9.97. The molecule has 1 saturated carbocycles. The predicted molar refractivity (Wildman–Crippen MR) is 71.5 cm³/mol. The summed E-state index contributed by atoms with van der Waals surface area (Å²) in [5, 5.41) is 4.18. The maximum absolute atomic E-state index is 6.19. The van der Waals surface area contributed by atoms with Gasteiger partial charge in [0.1, 0.15) is 0 Å². The third-order valence-corrected chi connectivity index (χ3v) is 3.96. The standard InChI is InChI=1S/C14H20ClNO/c1-9-4-5-11(8-12(9)15)13(16-2)14(17-3)10-6-7-10/h4-5,8,10,13-14,16H,6-7H2,1-3H3. The fraction of sp³-hybridized carbons (Fsp3) is 0.571. The van der Waals surface area contributed by atoms with Crippen molar-refractivity contribution in [3.05, 3.63) is 34.3 Å². The van der Waals surface area contributed by atoms with E-state index in [9.17, 15) is 0 Å².